The zero-order valence-electron chi connectivity index (χ0n) is 8.99. The largest absolute Gasteiger partial charge is 0.327 e. The molecule has 1 nitrogen and oxygen atoms in total. The average molecular weight is 214 g/mol. The van der Waals surface area contributed by atoms with Gasteiger partial charge < -0.3 is 5.73 Å². The second-order valence-corrected chi connectivity index (χ2v) is 3.49. The van der Waals surface area contributed by atoms with Gasteiger partial charge in [-0.05, 0) is 30.4 Å². The van der Waals surface area contributed by atoms with Gasteiger partial charge >= 0.3 is 0 Å². The highest BCUT2D eigenvalue weighted by Crippen LogP contribution is 2.11. The van der Waals surface area contributed by atoms with Crippen LogP contribution in [0.15, 0.2) is 24.3 Å². The molecule has 1 aromatic rings. The van der Waals surface area contributed by atoms with E-state index in [1.807, 2.05) is 0 Å². The van der Waals surface area contributed by atoms with Crippen LogP contribution in [-0.4, -0.2) is 6.04 Å². The first-order chi connectivity index (χ1) is 6.27. The molecule has 0 aliphatic heterocycles. The number of hydrogen-bond acceptors (Lipinski definition) is 1. The topological polar surface area (TPSA) is 26.0 Å². The van der Waals surface area contributed by atoms with Crippen LogP contribution < -0.4 is 5.73 Å². The van der Waals surface area contributed by atoms with Crippen LogP contribution in [0.5, 0.6) is 0 Å². The summed E-state index contributed by atoms with van der Waals surface area (Å²) in [5.41, 5.74) is 8.78. The summed E-state index contributed by atoms with van der Waals surface area (Å²) in [6, 6.07) is 8.88. The number of hydrogen-bond donors (Lipinski definition) is 1. The summed E-state index contributed by atoms with van der Waals surface area (Å²) in [7, 11) is 0. The molecule has 0 aliphatic carbocycles. The summed E-state index contributed by atoms with van der Waals surface area (Å²) in [5, 5.41) is 0. The summed E-state index contributed by atoms with van der Waals surface area (Å²) in [5.74, 6) is 0. The lowest BCUT2D eigenvalue weighted by Crippen LogP contribution is -2.21. The number of aryl methyl sites for hydroxylation is 1. The normalized spacial score (nSPS) is 11.9. The molecule has 0 aromatic heterocycles. The van der Waals surface area contributed by atoms with Crippen molar-refractivity contribution in [2.45, 2.75) is 39.2 Å². The molecule has 0 spiro atoms. The average Bonchev–Trinajstić information content (AvgIpc) is 2.18. The predicted molar refractivity (Wildman–Crippen MR) is 65.0 cm³/mol. The van der Waals surface area contributed by atoms with Crippen LogP contribution in [0.25, 0.3) is 0 Å². The van der Waals surface area contributed by atoms with Crippen molar-refractivity contribution in [3.05, 3.63) is 35.4 Å². The van der Waals surface area contributed by atoms with Crippen LogP contribution in [0.3, 0.4) is 0 Å². The second-order valence-electron chi connectivity index (χ2n) is 3.49. The van der Waals surface area contributed by atoms with Crippen molar-refractivity contribution < 1.29 is 0 Å². The van der Waals surface area contributed by atoms with Crippen LogP contribution in [0.4, 0.5) is 0 Å². The maximum Gasteiger partial charge on any atom is 0.00767 e. The Morgan fingerprint density at radius 1 is 1.14 bits per heavy atom. The SMILES string of the molecule is CCc1ccccc1CC(N)CC.Cl. The first kappa shape index (κ1) is 13.5. The molecule has 80 valence electrons. The van der Waals surface area contributed by atoms with Crippen molar-refractivity contribution in [1.82, 2.24) is 0 Å². The third kappa shape index (κ3) is 3.69. The molecule has 0 radical (unpaired) electrons. The molecule has 0 aliphatic rings. The minimum absolute atomic E-state index is 0. The monoisotopic (exact) mass is 213 g/mol. The van der Waals surface area contributed by atoms with Crippen molar-refractivity contribution in [1.29, 1.82) is 0 Å². The third-order valence-corrected chi connectivity index (χ3v) is 2.51. The van der Waals surface area contributed by atoms with Crippen LogP contribution in [-0.2, 0) is 12.8 Å². The Labute approximate surface area is 93.1 Å². The molecule has 14 heavy (non-hydrogen) atoms. The van der Waals surface area contributed by atoms with Crippen LogP contribution in [0, 0.1) is 0 Å². The highest BCUT2D eigenvalue weighted by atomic mass is 35.5. The Kier molecular flexibility index (Phi) is 6.60. The quantitative estimate of drug-likeness (QED) is 0.818. The Morgan fingerprint density at radius 2 is 1.71 bits per heavy atom. The fraction of sp³-hybridized carbons (Fsp3) is 0.500. The molecule has 1 atom stereocenters. The van der Waals surface area contributed by atoms with Gasteiger partial charge in [-0.15, -0.1) is 12.4 Å². The van der Waals surface area contributed by atoms with E-state index in [4.69, 9.17) is 5.73 Å². The lowest BCUT2D eigenvalue weighted by molar-refractivity contribution is 0.643. The molecule has 0 saturated heterocycles. The minimum atomic E-state index is 0. The summed E-state index contributed by atoms with van der Waals surface area (Å²) in [4.78, 5) is 0. The van der Waals surface area contributed by atoms with Gasteiger partial charge in [-0.3, -0.25) is 0 Å². The maximum atomic E-state index is 5.93. The van der Waals surface area contributed by atoms with Gasteiger partial charge in [0.25, 0.3) is 0 Å². The molecule has 0 heterocycles. The summed E-state index contributed by atoms with van der Waals surface area (Å²) < 4.78 is 0. The Morgan fingerprint density at radius 3 is 2.21 bits per heavy atom. The van der Waals surface area contributed by atoms with Gasteiger partial charge in [-0.2, -0.15) is 0 Å². The summed E-state index contributed by atoms with van der Waals surface area (Å²) in [6.45, 7) is 4.33. The number of rotatable bonds is 4. The minimum Gasteiger partial charge on any atom is -0.327 e. The summed E-state index contributed by atoms with van der Waals surface area (Å²) >= 11 is 0. The van der Waals surface area contributed by atoms with Crippen LogP contribution in [0.2, 0.25) is 0 Å². The predicted octanol–water partition coefficient (Wildman–Crippen LogP) is 2.95. The Balaban J connectivity index is 0.00000169. The Hall–Kier alpha value is -0.530. The van der Waals surface area contributed by atoms with E-state index in [1.54, 1.807) is 0 Å². The van der Waals surface area contributed by atoms with Gasteiger partial charge in [-0.1, -0.05) is 38.1 Å². The molecule has 0 amide bonds. The van der Waals surface area contributed by atoms with E-state index in [0.717, 1.165) is 19.3 Å². The van der Waals surface area contributed by atoms with Crippen molar-refractivity contribution in [2.24, 2.45) is 5.73 Å². The van der Waals surface area contributed by atoms with E-state index in [2.05, 4.69) is 38.1 Å². The zero-order valence-corrected chi connectivity index (χ0v) is 9.81. The zero-order chi connectivity index (χ0) is 9.68. The molecule has 0 bridgehead atoms. The van der Waals surface area contributed by atoms with Crippen molar-refractivity contribution in [3.63, 3.8) is 0 Å². The first-order valence-corrected chi connectivity index (χ1v) is 5.10. The third-order valence-electron chi connectivity index (χ3n) is 2.51. The fourth-order valence-corrected chi connectivity index (χ4v) is 1.53. The molecule has 0 saturated carbocycles. The van der Waals surface area contributed by atoms with E-state index in [1.165, 1.54) is 11.1 Å². The Bertz CT molecular complexity index is 260. The van der Waals surface area contributed by atoms with E-state index < -0.39 is 0 Å². The highest BCUT2D eigenvalue weighted by molar-refractivity contribution is 5.85. The number of halogens is 1. The van der Waals surface area contributed by atoms with Crippen LogP contribution >= 0.6 is 12.4 Å². The molecule has 1 rings (SSSR count). The van der Waals surface area contributed by atoms with Gasteiger partial charge in [0.15, 0.2) is 0 Å². The smallest absolute Gasteiger partial charge is 0.00767 e. The number of nitrogens with two attached hydrogens (primary N) is 1. The lowest BCUT2D eigenvalue weighted by atomic mass is 9.98. The highest BCUT2D eigenvalue weighted by Gasteiger charge is 2.04. The van der Waals surface area contributed by atoms with E-state index >= 15 is 0 Å². The molecule has 1 unspecified atom stereocenters. The lowest BCUT2D eigenvalue weighted by Gasteiger charge is -2.11. The molecular formula is C12H20ClN. The second kappa shape index (κ2) is 6.86. The molecule has 2 heteroatoms. The van der Waals surface area contributed by atoms with Gasteiger partial charge in [0.05, 0.1) is 0 Å². The summed E-state index contributed by atoms with van der Waals surface area (Å²) in [6.07, 6.45) is 3.17. The van der Waals surface area contributed by atoms with Gasteiger partial charge in [0.1, 0.15) is 0 Å². The van der Waals surface area contributed by atoms with Gasteiger partial charge in [0, 0.05) is 6.04 Å². The van der Waals surface area contributed by atoms with E-state index in [-0.39, 0.29) is 12.4 Å². The van der Waals surface area contributed by atoms with E-state index in [9.17, 15) is 0 Å². The van der Waals surface area contributed by atoms with Gasteiger partial charge in [0.2, 0.25) is 0 Å². The van der Waals surface area contributed by atoms with Crippen LogP contribution in [0.1, 0.15) is 31.4 Å². The fourth-order valence-electron chi connectivity index (χ4n) is 1.53. The molecule has 0 fully saturated rings. The molecule has 1 aromatic carbocycles. The van der Waals surface area contributed by atoms with E-state index in [0.29, 0.717) is 6.04 Å². The van der Waals surface area contributed by atoms with Crippen molar-refractivity contribution in [3.8, 4) is 0 Å². The maximum absolute atomic E-state index is 5.93. The molecule has 2 N–H and O–H groups in total. The molecular weight excluding hydrogens is 194 g/mol. The van der Waals surface area contributed by atoms with Gasteiger partial charge in [-0.25, -0.2) is 0 Å². The van der Waals surface area contributed by atoms with Crippen molar-refractivity contribution >= 4 is 12.4 Å². The standard InChI is InChI=1S/C12H19N.ClH/c1-3-10-7-5-6-8-11(10)9-12(13)4-2;/h5-8,12H,3-4,9,13H2,1-2H3;1H. The number of benzene rings is 1. The van der Waals surface area contributed by atoms with Crippen molar-refractivity contribution in [2.75, 3.05) is 0 Å². The first-order valence-electron chi connectivity index (χ1n) is 5.10.